The summed E-state index contributed by atoms with van der Waals surface area (Å²) in [6.45, 7) is 2.67. The van der Waals surface area contributed by atoms with Gasteiger partial charge in [-0.15, -0.1) is 11.6 Å². The molecule has 1 atom stereocenters. The normalized spacial score (nSPS) is 20.4. The van der Waals surface area contributed by atoms with Gasteiger partial charge in [0.25, 0.3) is 0 Å². The van der Waals surface area contributed by atoms with E-state index in [-0.39, 0.29) is 17.2 Å². The zero-order valence-corrected chi connectivity index (χ0v) is 9.65. The standard InChI is InChI=1S/C11H20ClNO/c1-9(12)7-8-13-11(14)10-5-3-2-4-6-10/h9-10H,2-8H2,1H3,(H,13,14). The van der Waals surface area contributed by atoms with E-state index < -0.39 is 0 Å². The number of amides is 1. The van der Waals surface area contributed by atoms with Gasteiger partial charge in [-0.25, -0.2) is 0 Å². The van der Waals surface area contributed by atoms with E-state index in [1.165, 1.54) is 19.3 Å². The molecule has 1 saturated carbocycles. The molecule has 0 aliphatic heterocycles. The zero-order valence-electron chi connectivity index (χ0n) is 8.89. The van der Waals surface area contributed by atoms with Crippen molar-refractivity contribution in [2.45, 2.75) is 50.8 Å². The van der Waals surface area contributed by atoms with Crippen LogP contribution in [0.25, 0.3) is 0 Å². The second-order valence-electron chi connectivity index (χ2n) is 4.20. The number of hydrogen-bond acceptors (Lipinski definition) is 1. The lowest BCUT2D eigenvalue weighted by molar-refractivity contribution is -0.125. The van der Waals surface area contributed by atoms with Crippen LogP contribution < -0.4 is 5.32 Å². The Kier molecular flexibility index (Phi) is 5.31. The van der Waals surface area contributed by atoms with E-state index in [0.717, 1.165) is 25.8 Å². The Hall–Kier alpha value is -0.240. The van der Waals surface area contributed by atoms with Crippen LogP contribution in [0.4, 0.5) is 0 Å². The molecule has 0 heterocycles. The van der Waals surface area contributed by atoms with Gasteiger partial charge in [-0.1, -0.05) is 19.3 Å². The van der Waals surface area contributed by atoms with Gasteiger partial charge >= 0.3 is 0 Å². The maximum absolute atomic E-state index is 11.6. The van der Waals surface area contributed by atoms with Crippen LogP contribution in [0.5, 0.6) is 0 Å². The molecule has 0 aromatic carbocycles. The number of carbonyl (C=O) groups excluding carboxylic acids is 1. The van der Waals surface area contributed by atoms with Crippen molar-refractivity contribution in [3.05, 3.63) is 0 Å². The number of rotatable bonds is 4. The number of hydrogen-bond donors (Lipinski definition) is 1. The quantitative estimate of drug-likeness (QED) is 0.721. The molecule has 1 amide bonds. The Labute approximate surface area is 91.4 Å². The van der Waals surface area contributed by atoms with Crippen molar-refractivity contribution >= 4 is 17.5 Å². The molecule has 1 aliphatic rings. The van der Waals surface area contributed by atoms with E-state index in [2.05, 4.69) is 5.32 Å². The summed E-state index contributed by atoms with van der Waals surface area (Å²) in [7, 11) is 0. The molecule has 0 spiro atoms. The van der Waals surface area contributed by atoms with Crippen molar-refractivity contribution in [3.8, 4) is 0 Å². The summed E-state index contributed by atoms with van der Waals surface area (Å²) in [5.74, 6) is 0.511. The smallest absolute Gasteiger partial charge is 0.223 e. The van der Waals surface area contributed by atoms with Gasteiger partial charge in [0.15, 0.2) is 0 Å². The van der Waals surface area contributed by atoms with Gasteiger partial charge in [0.1, 0.15) is 0 Å². The summed E-state index contributed by atoms with van der Waals surface area (Å²) in [4.78, 5) is 11.6. The fourth-order valence-electron chi connectivity index (χ4n) is 1.90. The van der Waals surface area contributed by atoms with Crippen LogP contribution in [0.2, 0.25) is 0 Å². The summed E-state index contributed by atoms with van der Waals surface area (Å²) < 4.78 is 0. The van der Waals surface area contributed by atoms with E-state index in [9.17, 15) is 4.79 Å². The first-order valence-electron chi connectivity index (χ1n) is 5.62. The first-order valence-corrected chi connectivity index (χ1v) is 6.05. The molecule has 1 fully saturated rings. The molecule has 2 nitrogen and oxygen atoms in total. The van der Waals surface area contributed by atoms with Crippen LogP contribution >= 0.6 is 11.6 Å². The van der Waals surface area contributed by atoms with Crippen LogP contribution in [-0.2, 0) is 4.79 Å². The zero-order chi connectivity index (χ0) is 10.4. The number of nitrogens with one attached hydrogen (secondary N) is 1. The maximum Gasteiger partial charge on any atom is 0.223 e. The predicted octanol–water partition coefficient (Wildman–Crippen LogP) is 2.70. The monoisotopic (exact) mass is 217 g/mol. The van der Waals surface area contributed by atoms with Crippen molar-refractivity contribution < 1.29 is 4.79 Å². The molecule has 3 heteroatoms. The van der Waals surface area contributed by atoms with Crippen molar-refractivity contribution in [1.29, 1.82) is 0 Å². The van der Waals surface area contributed by atoms with Gasteiger partial charge in [0, 0.05) is 17.8 Å². The fourth-order valence-corrected chi connectivity index (χ4v) is 2.01. The predicted molar refractivity (Wildman–Crippen MR) is 59.5 cm³/mol. The van der Waals surface area contributed by atoms with E-state index in [1.807, 2.05) is 6.92 Å². The van der Waals surface area contributed by atoms with Gasteiger partial charge in [0.2, 0.25) is 5.91 Å². The molecule has 14 heavy (non-hydrogen) atoms. The van der Waals surface area contributed by atoms with Crippen LogP contribution in [0.15, 0.2) is 0 Å². The fraction of sp³-hybridized carbons (Fsp3) is 0.909. The molecule has 1 rings (SSSR count). The Morgan fingerprint density at radius 2 is 2.07 bits per heavy atom. The lowest BCUT2D eigenvalue weighted by atomic mass is 9.89. The molecule has 1 N–H and O–H groups in total. The van der Waals surface area contributed by atoms with Gasteiger partial charge in [-0.05, 0) is 26.2 Å². The average Bonchev–Trinajstić information content (AvgIpc) is 2.18. The van der Waals surface area contributed by atoms with Crippen LogP contribution in [0.1, 0.15) is 45.4 Å². The highest BCUT2D eigenvalue weighted by Gasteiger charge is 2.20. The largest absolute Gasteiger partial charge is 0.356 e. The van der Waals surface area contributed by atoms with Gasteiger partial charge < -0.3 is 5.32 Å². The van der Waals surface area contributed by atoms with Crippen molar-refractivity contribution in [3.63, 3.8) is 0 Å². The van der Waals surface area contributed by atoms with E-state index in [0.29, 0.717) is 0 Å². The van der Waals surface area contributed by atoms with Crippen molar-refractivity contribution in [2.24, 2.45) is 5.92 Å². The minimum Gasteiger partial charge on any atom is -0.356 e. The highest BCUT2D eigenvalue weighted by molar-refractivity contribution is 6.20. The molecule has 0 radical (unpaired) electrons. The first kappa shape index (κ1) is 11.8. The average molecular weight is 218 g/mol. The van der Waals surface area contributed by atoms with E-state index >= 15 is 0 Å². The lowest BCUT2D eigenvalue weighted by Crippen LogP contribution is -2.33. The highest BCUT2D eigenvalue weighted by Crippen LogP contribution is 2.23. The Morgan fingerprint density at radius 1 is 1.43 bits per heavy atom. The van der Waals surface area contributed by atoms with Gasteiger partial charge in [-0.3, -0.25) is 4.79 Å². The number of halogens is 1. The summed E-state index contributed by atoms with van der Waals surface area (Å²) in [6, 6.07) is 0. The molecule has 0 aromatic rings. The van der Waals surface area contributed by atoms with Gasteiger partial charge in [0.05, 0.1) is 0 Å². The topological polar surface area (TPSA) is 29.1 Å². The van der Waals surface area contributed by atoms with Crippen LogP contribution in [0, 0.1) is 5.92 Å². The minimum atomic E-state index is 0.154. The summed E-state index contributed by atoms with van der Waals surface area (Å²) >= 11 is 5.80. The van der Waals surface area contributed by atoms with E-state index in [4.69, 9.17) is 11.6 Å². The second kappa shape index (κ2) is 6.28. The number of alkyl halides is 1. The summed E-state index contributed by atoms with van der Waals surface area (Å²) in [5.41, 5.74) is 0. The molecule has 1 unspecified atom stereocenters. The Morgan fingerprint density at radius 3 is 2.64 bits per heavy atom. The summed E-state index contributed by atoms with van der Waals surface area (Å²) in [6.07, 6.45) is 6.72. The lowest BCUT2D eigenvalue weighted by Gasteiger charge is -2.20. The third kappa shape index (κ3) is 4.32. The molecule has 82 valence electrons. The number of carbonyl (C=O) groups is 1. The molecule has 1 aliphatic carbocycles. The molecule has 0 saturated heterocycles. The van der Waals surface area contributed by atoms with E-state index in [1.54, 1.807) is 0 Å². The molecular weight excluding hydrogens is 198 g/mol. The second-order valence-corrected chi connectivity index (χ2v) is 4.94. The van der Waals surface area contributed by atoms with Crippen LogP contribution in [-0.4, -0.2) is 17.8 Å². The third-order valence-corrected chi connectivity index (χ3v) is 3.04. The molecule has 0 bridgehead atoms. The molecular formula is C11H20ClNO. The highest BCUT2D eigenvalue weighted by atomic mass is 35.5. The van der Waals surface area contributed by atoms with Crippen molar-refractivity contribution in [2.75, 3.05) is 6.54 Å². The third-order valence-electron chi connectivity index (χ3n) is 2.82. The summed E-state index contributed by atoms with van der Waals surface area (Å²) in [5, 5.41) is 3.11. The SMILES string of the molecule is CC(Cl)CCNC(=O)C1CCCCC1. The Balaban J connectivity index is 2.13. The van der Waals surface area contributed by atoms with Gasteiger partial charge in [-0.2, -0.15) is 0 Å². The molecule has 0 aromatic heterocycles. The first-order chi connectivity index (χ1) is 6.70. The maximum atomic E-state index is 11.6. The van der Waals surface area contributed by atoms with Crippen LogP contribution in [0.3, 0.4) is 0 Å². The van der Waals surface area contributed by atoms with Crippen molar-refractivity contribution in [1.82, 2.24) is 5.32 Å². The minimum absolute atomic E-state index is 0.154. The Bertz CT molecular complexity index is 176.